The summed E-state index contributed by atoms with van der Waals surface area (Å²) in [6.45, 7) is 2.25. The van der Waals surface area contributed by atoms with Gasteiger partial charge in [-0.15, -0.1) is 0 Å². The number of benzene rings is 2. The van der Waals surface area contributed by atoms with Gasteiger partial charge in [-0.05, 0) is 43.5 Å². The van der Waals surface area contributed by atoms with Crippen molar-refractivity contribution in [3.05, 3.63) is 65.9 Å². The molecule has 1 saturated carbocycles. The van der Waals surface area contributed by atoms with Crippen molar-refractivity contribution in [2.75, 3.05) is 6.79 Å². The third-order valence-corrected chi connectivity index (χ3v) is 6.12. The van der Waals surface area contributed by atoms with Crippen molar-refractivity contribution in [1.29, 1.82) is 0 Å². The highest BCUT2D eigenvalue weighted by Crippen LogP contribution is 2.37. The van der Waals surface area contributed by atoms with Crippen LogP contribution in [0.3, 0.4) is 0 Å². The van der Waals surface area contributed by atoms with Crippen LogP contribution in [0, 0.1) is 6.92 Å². The number of hydrogen-bond donors (Lipinski definition) is 1. The monoisotopic (exact) mass is 402 g/mol. The zero-order chi connectivity index (χ0) is 20.5. The fraction of sp³-hybridized carbons (Fsp3) is 0.320. The van der Waals surface area contributed by atoms with Crippen LogP contribution in [-0.2, 0) is 0 Å². The first kappa shape index (κ1) is 18.8. The van der Waals surface area contributed by atoms with Gasteiger partial charge in [-0.1, -0.05) is 49.6 Å². The molecule has 2 aliphatic rings. The van der Waals surface area contributed by atoms with Crippen LogP contribution in [0.5, 0.6) is 11.5 Å². The van der Waals surface area contributed by atoms with E-state index in [2.05, 4.69) is 22.0 Å². The number of aromatic nitrogens is 1. The molecule has 0 radical (unpaired) electrons. The lowest BCUT2D eigenvalue weighted by atomic mass is 9.95. The Kier molecular flexibility index (Phi) is 4.95. The highest BCUT2D eigenvalue weighted by molar-refractivity contribution is 5.97. The summed E-state index contributed by atoms with van der Waals surface area (Å²) in [5.41, 5.74) is 4.64. The minimum Gasteiger partial charge on any atom is -0.454 e. The molecule has 2 aromatic carbocycles. The second kappa shape index (κ2) is 7.90. The van der Waals surface area contributed by atoms with Gasteiger partial charge in [-0.3, -0.25) is 4.79 Å². The summed E-state index contributed by atoms with van der Waals surface area (Å²) in [6, 6.07) is 18.4. The topological polar surface area (TPSA) is 52.5 Å². The Balaban J connectivity index is 1.57. The largest absolute Gasteiger partial charge is 0.454 e. The summed E-state index contributed by atoms with van der Waals surface area (Å²) in [5, 5.41) is 3.26. The Hall–Kier alpha value is -3.21. The average molecular weight is 402 g/mol. The van der Waals surface area contributed by atoms with Crippen molar-refractivity contribution in [2.45, 2.75) is 45.1 Å². The molecule has 0 bridgehead atoms. The molecule has 5 nitrogen and oxygen atoms in total. The summed E-state index contributed by atoms with van der Waals surface area (Å²) in [6.07, 6.45) is 5.79. The van der Waals surface area contributed by atoms with E-state index in [1.807, 2.05) is 49.4 Å². The molecule has 30 heavy (non-hydrogen) atoms. The van der Waals surface area contributed by atoms with Crippen molar-refractivity contribution in [3.8, 4) is 28.4 Å². The van der Waals surface area contributed by atoms with Crippen LogP contribution in [0.25, 0.3) is 16.9 Å². The van der Waals surface area contributed by atoms with Crippen LogP contribution in [0.15, 0.2) is 54.6 Å². The number of carbonyl (C=O) groups excluding carboxylic acids is 1. The van der Waals surface area contributed by atoms with E-state index in [1.54, 1.807) is 0 Å². The lowest BCUT2D eigenvalue weighted by Crippen LogP contribution is -2.36. The van der Waals surface area contributed by atoms with E-state index in [0.717, 1.165) is 52.5 Å². The van der Waals surface area contributed by atoms with Crippen LogP contribution in [-0.4, -0.2) is 23.3 Å². The van der Waals surface area contributed by atoms with E-state index < -0.39 is 0 Å². The maximum absolute atomic E-state index is 13.2. The molecule has 5 heteroatoms. The number of carbonyl (C=O) groups is 1. The predicted molar refractivity (Wildman–Crippen MR) is 116 cm³/mol. The minimum absolute atomic E-state index is 0.0103. The summed E-state index contributed by atoms with van der Waals surface area (Å²) < 4.78 is 13.2. The van der Waals surface area contributed by atoms with Crippen molar-refractivity contribution < 1.29 is 14.3 Å². The minimum atomic E-state index is 0.0103. The summed E-state index contributed by atoms with van der Waals surface area (Å²) in [5.74, 6) is 1.49. The van der Waals surface area contributed by atoms with Crippen LogP contribution in [0.2, 0.25) is 0 Å². The molecule has 0 atom stereocenters. The molecule has 2 heterocycles. The molecule has 0 unspecified atom stereocenters. The number of amides is 1. The Labute approximate surface area is 176 Å². The standard InChI is InChI=1S/C25H26N2O3/c1-17-21(25(28)26-19-10-6-3-7-11-19)15-22(18-8-4-2-5-9-18)27(17)20-12-13-23-24(14-20)30-16-29-23/h2,4-5,8-9,12-15,19H,3,6-7,10-11,16H2,1H3,(H,26,28). The molecule has 1 aromatic heterocycles. The van der Waals surface area contributed by atoms with Gasteiger partial charge in [0.05, 0.1) is 11.3 Å². The first-order chi connectivity index (χ1) is 14.7. The normalized spacial score (nSPS) is 15.9. The number of nitrogens with one attached hydrogen (secondary N) is 1. The lowest BCUT2D eigenvalue weighted by molar-refractivity contribution is 0.0927. The summed E-state index contributed by atoms with van der Waals surface area (Å²) in [7, 11) is 0. The van der Waals surface area contributed by atoms with E-state index in [-0.39, 0.29) is 18.7 Å². The van der Waals surface area contributed by atoms with E-state index >= 15 is 0 Å². The molecule has 1 amide bonds. The second-order valence-corrected chi connectivity index (χ2v) is 8.08. The van der Waals surface area contributed by atoms with Crippen LogP contribution in [0.1, 0.15) is 48.2 Å². The number of nitrogens with zero attached hydrogens (tertiary/aromatic N) is 1. The van der Waals surface area contributed by atoms with Crippen molar-refractivity contribution in [2.24, 2.45) is 0 Å². The van der Waals surface area contributed by atoms with Gasteiger partial charge < -0.3 is 19.4 Å². The zero-order valence-corrected chi connectivity index (χ0v) is 17.2. The average Bonchev–Trinajstić information content (AvgIpc) is 3.38. The third-order valence-electron chi connectivity index (χ3n) is 6.12. The van der Waals surface area contributed by atoms with Gasteiger partial charge in [-0.25, -0.2) is 0 Å². The fourth-order valence-electron chi connectivity index (χ4n) is 4.53. The van der Waals surface area contributed by atoms with E-state index in [4.69, 9.17) is 9.47 Å². The smallest absolute Gasteiger partial charge is 0.253 e. The third kappa shape index (κ3) is 3.45. The van der Waals surface area contributed by atoms with E-state index in [0.29, 0.717) is 0 Å². The Morgan fingerprint density at radius 3 is 2.53 bits per heavy atom. The Morgan fingerprint density at radius 1 is 0.967 bits per heavy atom. The first-order valence-corrected chi connectivity index (χ1v) is 10.7. The van der Waals surface area contributed by atoms with Gasteiger partial charge in [-0.2, -0.15) is 0 Å². The molecule has 1 N–H and O–H groups in total. The van der Waals surface area contributed by atoms with Crippen LogP contribution in [0.4, 0.5) is 0 Å². The van der Waals surface area contributed by atoms with E-state index in [9.17, 15) is 4.79 Å². The number of fused-ring (bicyclic) bond motifs is 1. The number of rotatable bonds is 4. The van der Waals surface area contributed by atoms with Crippen molar-refractivity contribution in [3.63, 3.8) is 0 Å². The van der Waals surface area contributed by atoms with Crippen molar-refractivity contribution in [1.82, 2.24) is 9.88 Å². The molecular weight excluding hydrogens is 376 g/mol. The Bertz CT molecular complexity index is 1070. The SMILES string of the molecule is Cc1c(C(=O)NC2CCCCC2)cc(-c2ccccc2)n1-c1ccc2c(c1)OCO2. The fourth-order valence-corrected chi connectivity index (χ4v) is 4.53. The molecule has 5 rings (SSSR count). The van der Waals surface area contributed by atoms with Gasteiger partial charge in [0, 0.05) is 23.5 Å². The van der Waals surface area contributed by atoms with Crippen LogP contribution < -0.4 is 14.8 Å². The Morgan fingerprint density at radius 2 is 1.73 bits per heavy atom. The maximum atomic E-state index is 13.2. The highest BCUT2D eigenvalue weighted by Gasteiger charge is 2.23. The number of ether oxygens (including phenoxy) is 2. The molecule has 1 aliphatic carbocycles. The molecule has 154 valence electrons. The molecule has 1 aliphatic heterocycles. The van der Waals surface area contributed by atoms with Gasteiger partial charge in [0.2, 0.25) is 6.79 Å². The van der Waals surface area contributed by atoms with Gasteiger partial charge in [0.25, 0.3) is 5.91 Å². The first-order valence-electron chi connectivity index (χ1n) is 10.7. The van der Waals surface area contributed by atoms with Crippen molar-refractivity contribution >= 4 is 5.91 Å². The van der Waals surface area contributed by atoms with E-state index in [1.165, 1.54) is 19.3 Å². The predicted octanol–water partition coefficient (Wildman–Crippen LogP) is 5.24. The second-order valence-electron chi connectivity index (χ2n) is 8.08. The van der Waals surface area contributed by atoms with Gasteiger partial charge >= 0.3 is 0 Å². The quantitative estimate of drug-likeness (QED) is 0.649. The van der Waals surface area contributed by atoms with Crippen LogP contribution >= 0.6 is 0 Å². The maximum Gasteiger partial charge on any atom is 0.253 e. The van der Waals surface area contributed by atoms with Gasteiger partial charge in [0.1, 0.15) is 0 Å². The zero-order valence-electron chi connectivity index (χ0n) is 17.2. The molecular formula is C25H26N2O3. The summed E-state index contributed by atoms with van der Waals surface area (Å²) in [4.78, 5) is 13.2. The lowest BCUT2D eigenvalue weighted by Gasteiger charge is -2.22. The molecule has 0 saturated heterocycles. The number of hydrogen-bond acceptors (Lipinski definition) is 3. The summed E-state index contributed by atoms with van der Waals surface area (Å²) >= 11 is 0. The van der Waals surface area contributed by atoms with Gasteiger partial charge in [0.15, 0.2) is 11.5 Å². The molecule has 3 aromatic rings. The molecule has 1 fully saturated rings. The highest BCUT2D eigenvalue weighted by atomic mass is 16.7. The molecule has 0 spiro atoms.